The molecule has 0 bridgehead atoms. The molecule has 21 heavy (non-hydrogen) atoms. The lowest BCUT2D eigenvalue weighted by Gasteiger charge is -2.14. The van der Waals surface area contributed by atoms with Crippen molar-refractivity contribution in [2.24, 2.45) is 0 Å². The third-order valence-corrected chi connectivity index (χ3v) is 3.52. The van der Waals surface area contributed by atoms with Gasteiger partial charge < -0.3 is 5.32 Å². The SMILES string of the molecule is CCNc1nc(CC)nc(-c2cccc3nccn23)c1C. The summed E-state index contributed by atoms with van der Waals surface area (Å²) in [4.78, 5) is 13.7. The normalized spacial score (nSPS) is 11.0. The maximum absolute atomic E-state index is 4.73. The van der Waals surface area contributed by atoms with Gasteiger partial charge in [-0.15, -0.1) is 0 Å². The number of anilines is 1. The smallest absolute Gasteiger partial charge is 0.137 e. The summed E-state index contributed by atoms with van der Waals surface area (Å²) < 4.78 is 2.06. The van der Waals surface area contributed by atoms with E-state index in [0.29, 0.717) is 0 Å². The van der Waals surface area contributed by atoms with E-state index in [0.717, 1.165) is 47.2 Å². The molecule has 0 saturated carbocycles. The molecule has 5 nitrogen and oxygen atoms in total. The van der Waals surface area contributed by atoms with Gasteiger partial charge in [0.15, 0.2) is 0 Å². The van der Waals surface area contributed by atoms with Gasteiger partial charge >= 0.3 is 0 Å². The highest BCUT2D eigenvalue weighted by Gasteiger charge is 2.14. The molecular weight excluding hydrogens is 262 g/mol. The average Bonchev–Trinajstić information content (AvgIpc) is 2.98. The van der Waals surface area contributed by atoms with E-state index in [9.17, 15) is 0 Å². The summed E-state index contributed by atoms with van der Waals surface area (Å²) in [5, 5.41) is 3.33. The molecule has 0 spiro atoms. The fraction of sp³-hybridized carbons (Fsp3) is 0.312. The summed E-state index contributed by atoms with van der Waals surface area (Å²) in [6.07, 6.45) is 4.58. The number of aryl methyl sites for hydroxylation is 1. The number of pyridine rings is 1. The number of aromatic nitrogens is 4. The summed E-state index contributed by atoms with van der Waals surface area (Å²) in [6, 6.07) is 6.07. The van der Waals surface area contributed by atoms with Crippen LogP contribution in [0.15, 0.2) is 30.6 Å². The molecular formula is C16H19N5. The Morgan fingerprint density at radius 3 is 2.81 bits per heavy atom. The van der Waals surface area contributed by atoms with Gasteiger partial charge in [-0.05, 0) is 26.0 Å². The molecule has 0 unspecified atom stereocenters. The zero-order valence-electron chi connectivity index (χ0n) is 12.6. The minimum absolute atomic E-state index is 0.811. The standard InChI is InChI=1S/C16H19N5/c1-4-13-19-15(11(3)16(20-13)17-5-2)12-7-6-8-14-18-9-10-21(12)14/h6-10H,4-5H2,1-3H3,(H,17,19,20). The van der Waals surface area contributed by atoms with Crippen LogP contribution in [-0.2, 0) is 6.42 Å². The van der Waals surface area contributed by atoms with Crippen molar-refractivity contribution in [3.05, 3.63) is 42.0 Å². The van der Waals surface area contributed by atoms with E-state index in [1.54, 1.807) is 6.20 Å². The first kappa shape index (κ1) is 13.5. The van der Waals surface area contributed by atoms with E-state index in [-0.39, 0.29) is 0 Å². The molecule has 0 aromatic carbocycles. The van der Waals surface area contributed by atoms with Gasteiger partial charge in [0, 0.05) is 30.9 Å². The van der Waals surface area contributed by atoms with Crippen LogP contribution >= 0.6 is 0 Å². The average molecular weight is 281 g/mol. The monoisotopic (exact) mass is 281 g/mol. The Balaban J connectivity index is 2.26. The molecule has 3 heterocycles. The van der Waals surface area contributed by atoms with Gasteiger partial charge in [0.25, 0.3) is 0 Å². The second kappa shape index (κ2) is 5.52. The Labute approximate surface area is 124 Å². The molecule has 0 radical (unpaired) electrons. The number of nitrogens with one attached hydrogen (secondary N) is 1. The molecule has 3 rings (SSSR count). The molecule has 108 valence electrons. The van der Waals surface area contributed by atoms with Crippen LogP contribution in [0.5, 0.6) is 0 Å². The number of rotatable bonds is 4. The number of nitrogens with zero attached hydrogens (tertiary/aromatic N) is 4. The molecule has 5 heteroatoms. The summed E-state index contributed by atoms with van der Waals surface area (Å²) >= 11 is 0. The van der Waals surface area contributed by atoms with Crippen LogP contribution in [0.25, 0.3) is 17.0 Å². The molecule has 0 fully saturated rings. The van der Waals surface area contributed by atoms with E-state index >= 15 is 0 Å². The van der Waals surface area contributed by atoms with Gasteiger partial charge in [0.05, 0.1) is 11.4 Å². The largest absolute Gasteiger partial charge is 0.370 e. The predicted octanol–water partition coefficient (Wildman–Crippen LogP) is 3.09. The second-order valence-electron chi connectivity index (χ2n) is 4.91. The van der Waals surface area contributed by atoms with E-state index in [2.05, 4.69) is 46.5 Å². The summed E-state index contributed by atoms with van der Waals surface area (Å²) in [7, 11) is 0. The lowest BCUT2D eigenvalue weighted by atomic mass is 10.1. The van der Waals surface area contributed by atoms with Gasteiger partial charge in [0.2, 0.25) is 0 Å². The Bertz CT molecular complexity index is 775. The lowest BCUT2D eigenvalue weighted by molar-refractivity contribution is 0.925. The van der Waals surface area contributed by atoms with Crippen molar-refractivity contribution >= 4 is 11.5 Å². The molecule has 0 atom stereocenters. The third-order valence-electron chi connectivity index (χ3n) is 3.52. The van der Waals surface area contributed by atoms with Crippen molar-refractivity contribution in [2.75, 3.05) is 11.9 Å². The van der Waals surface area contributed by atoms with Crippen molar-refractivity contribution in [2.45, 2.75) is 27.2 Å². The predicted molar refractivity (Wildman–Crippen MR) is 84.5 cm³/mol. The molecule has 1 N–H and O–H groups in total. The summed E-state index contributed by atoms with van der Waals surface area (Å²) in [6.45, 7) is 7.05. The molecule has 0 aliphatic rings. The summed E-state index contributed by atoms with van der Waals surface area (Å²) in [5.74, 6) is 1.76. The fourth-order valence-corrected chi connectivity index (χ4v) is 2.45. The van der Waals surface area contributed by atoms with Crippen LogP contribution in [0, 0.1) is 6.92 Å². The quantitative estimate of drug-likeness (QED) is 0.798. The third kappa shape index (κ3) is 2.35. The van der Waals surface area contributed by atoms with Gasteiger partial charge in [-0.1, -0.05) is 13.0 Å². The molecule has 0 amide bonds. The van der Waals surface area contributed by atoms with Crippen molar-refractivity contribution < 1.29 is 0 Å². The Morgan fingerprint density at radius 1 is 1.19 bits per heavy atom. The van der Waals surface area contributed by atoms with Crippen molar-refractivity contribution in [1.82, 2.24) is 19.4 Å². The molecule has 3 aromatic rings. The van der Waals surface area contributed by atoms with Crippen LogP contribution in [0.4, 0.5) is 5.82 Å². The van der Waals surface area contributed by atoms with Crippen LogP contribution < -0.4 is 5.32 Å². The van der Waals surface area contributed by atoms with E-state index in [4.69, 9.17) is 4.98 Å². The van der Waals surface area contributed by atoms with Crippen molar-refractivity contribution in [3.8, 4) is 11.4 Å². The first-order valence-corrected chi connectivity index (χ1v) is 7.28. The highest BCUT2D eigenvalue weighted by atomic mass is 15.1. The van der Waals surface area contributed by atoms with Crippen LogP contribution in [-0.4, -0.2) is 25.9 Å². The molecule has 3 aromatic heterocycles. The first-order chi connectivity index (χ1) is 10.2. The van der Waals surface area contributed by atoms with Gasteiger partial charge in [0.1, 0.15) is 17.3 Å². The molecule has 0 aliphatic heterocycles. The maximum atomic E-state index is 4.73. The van der Waals surface area contributed by atoms with E-state index in [1.165, 1.54) is 0 Å². The Kier molecular flexibility index (Phi) is 3.56. The maximum Gasteiger partial charge on any atom is 0.137 e. The molecule has 0 saturated heterocycles. The van der Waals surface area contributed by atoms with E-state index < -0.39 is 0 Å². The lowest BCUT2D eigenvalue weighted by Crippen LogP contribution is -2.08. The minimum Gasteiger partial charge on any atom is -0.370 e. The first-order valence-electron chi connectivity index (χ1n) is 7.28. The Hall–Kier alpha value is -2.43. The van der Waals surface area contributed by atoms with E-state index in [1.807, 2.05) is 18.3 Å². The Morgan fingerprint density at radius 2 is 2.05 bits per heavy atom. The number of imidazole rings is 1. The fourth-order valence-electron chi connectivity index (χ4n) is 2.45. The summed E-state index contributed by atoms with van der Waals surface area (Å²) in [5.41, 5.74) is 3.99. The topological polar surface area (TPSA) is 55.1 Å². The molecule has 0 aliphatic carbocycles. The number of fused-ring (bicyclic) bond motifs is 1. The van der Waals surface area contributed by atoms with Crippen molar-refractivity contribution in [3.63, 3.8) is 0 Å². The number of hydrogen-bond acceptors (Lipinski definition) is 4. The highest BCUT2D eigenvalue weighted by molar-refractivity contribution is 5.68. The van der Waals surface area contributed by atoms with Gasteiger partial charge in [-0.25, -0.2) is 15.0 Å². The van der Waals surface area contributed by atoms with Gasteiger partial charge in [-0.2, -0.15) is 0 Å². The van der Waals surface area contributed by atoms with Crippen LogP contribution in [0.3, 0.4) is 0 Å². The van der Waals surface area contributed by atoms with Gasteiger partial charge in [-0.3, -0.25) is 4.40 Å². The zero-order chi connectivity index (χ0) is 14.8. The second-order valence-corrected chi connectivity index (χ2v) is 4.91. The zero-order valence-corrected chi connectivity index (χ0v) is 12.6. The number of hydrogen-bond donors (Lipinski definition) is 1. The minimum atomic E-state index is 0.811. The van der Waals surface area contributed by atoms with Crippen molar-refractivity contribution in [1.29, 1.82) is 0 Å². The highest BCUT2D eigenvalue weighted by Crippen LogP contribution is 2.26. The van der Waals surface area contributed by atoms with Crippen LogP contribution in [0.2, 0.25) is 0 Å². The van der Waals surface area contributed by atoms with Crippen LogP contribution in [0.1, 0.15) is 25.2 Å².